The van der Waals surface area contributed by atoms with Crippen LogP contribution in [-0.4, -0.2) is 14.4 Å². The second-order valence-corrected chi connectivity index (χ2v) is 16.0. The highest BCUT2D eigenvalue weighted by Gasteiger charge is 2.57. The summed E-state index contributed by atoms with van der Waals surface area (Å²) in [5.74, 6) is 0.370. The van der Waals surface area contributed by atoms with Gasteiger partial charge in [-0.25, -0.2) is 4.98 Å². The molecule has 0 unspecified atom stereocenters. The fraction of sp³-hybridized carbons (Fsp3) is 0.600. The maximum absolute atomic E-state index is 5.46. The Hall–Kier alpha value is -2.42. The molecule has 0 saturated carbocycles. The molecular formula is C35H49N3. The Morgan fingerprint density at radius 2 is 1.29 bits per heavy atom. The summed E-state index contributed by atoms with van der Waals surface area (Å²) in [4.78, 5) is 10.8. The van der Waals surface area contributed by atoms with E-state index in [2.05, 4.69) is 126 Å². The average molecular weight is 512 g/mol. The summed E-state index contributed by atoms with van der Waals surface area (Å²) in [6, 6.07) is 7.24. The number of aromatic nitrogens is 3. The zero-order chi connectivity index (χ0) is 28.5. The molecule has 1 aromatic carbocycles. The number of hydrogen-bond acceptors (Lipinski definition) is 2. The molecule has 3 nitrogen and oxygen atoms in total. The van der Waals surface area contributed by atoms with Gasteiger partial charge >= 0.3 is 0 Å². The molecule has 4 aromatic rings. The van der Waals surface area contributed by atoms with E-state index in [4.69, 9.17) is 9.97 Å². The topological polar surface area (TPSA) is 30.2 Å². The van der Waals surface area contributed by atoms with Gasteiger partial charge in [-0.05, 0) is 69.5 Å². The van der Waals surface area contributed by atoms with E-state index < -0.39 is 0 Å². The molecule has 0 N–H and O–H groups in total. The first-order valence-electron chi connectivity index (χ1n) is 14.5. The van der Waals surface area contributed by atoms with Gasteiger partial charge in [0.25, 0.3) is 0 Å². The number of fused-ring (bicyclic) bond motifs is 6. The van der Waals surface area contributed by atoms with Crippen molar-refractivity contribution in [2.45, 2.75) is 131 Å². The minimum absolute atomic E-state index is 0.0269. The van der Waals surface area contributed by atoms with E-state index in [1.54, 1.807) is 0 Å². The summed E-state index contributed by atoms with van der Waals surface area (Å²) in [5, 5.41) is 1.22. The highest BCUT2D eigenvalue weighted by atomic mass is 15.0. The SMILES string of the molecule is Cc1c(C(C)(C)C)nc2cc(C(C)(C)C)n3c4cc5c(cc4nc3c2c1C(C)C)C(C)(C)C(C)(C)C5(C)C. The highest BCUT2D eigenvalue weighted by molar-refractivity contribution is 6.00. The van der Waals surface area contributed by atoms with Crippen LogP contribution in [0.1, 0.15) is 136 Å². The Balaban J connectivity index is 2.04. The van der Waals surface area contributed by atoms with Gasteiger partial charge in [0.05, 0.1) is 16.6 Å². The highest BCUT2D eigenvalue weighted by Crippen LogP contribution is 2.62. The lowest BCUT2D eigenvalue weighted by atomic mass is 9.59. The smallest absolute Gasteiger partial charge is 0.147 e. The monoisotopic (exact) mass is 511 g/mol. The average Bonchev–Trinajstić information content (AvgIpc) is 3.17. The largest absolute Gasteiger partial charge is 0.295 e. The van der Waals surface area contributed by atoms with Crippen molar-refractivity contribution in [3.63, 3.8) is 0 Å². The number of nitrogens with zero attached hydrogens (tertiary/aromatic N) is 3. The number of hydrogen-bond donors (Lipinski definition) is 0. The Bertz CT molecular complexity index is 1630. The normalized spacial score (nSPS) is 18.7. The van der Waals surface area contributed by atoms with Crippen molar-refractivity contribution < 1.29 is 0 Å². The summed E-state index contributed by atoms with van der Waals surface area (Å²) < 4.78 is 2.47. The molecule has 0 atom stereocenters. The number of rotatable bonds is 1. The Labute approximate surface area is 230 Å². The lowest BCUT2D eigenvalue weighted by molar-refractivity contribution is 0.125. The van der Waals surface area contributed by atoms with Crippen molar-refractivity contribution in [2.24, 2.45) is 5.41 Å². The van der Waals surface area contributed by atoms with Crippen molar-refractivity contribution in [1.82, 2.24) is 14.4 Å². The van der Waals surface area contributed by atoms with Gasteiger partial charge in [0, 0.05) is 27.6 Å². The fourth-order valence-corrected chi connectivity index (χ4v) is 7.27. The molecule has 0 fully saturated rings. The molecule has 3 heteroatoms. The van der Waals surface area contributed by atoms with Gasteiger partial charge < -0.3 is 0 Å². The van der Waals surface area contributed by atoms with Gasteiger partial charge in [-0.15, -0.1) is 0 Å². The third kappa shape index (κ3) is 3.32. The van der Waals surface area contributed by atoms with E-state index in [0.717, 1.165) is 16.7 Å². The third-order valence-corrected chi connectivity index (χ3v) is 10.6. The van der Waals surface area contributed by atoms with Crippen molar-refractivity contribution in [3.05, 3.63) is 51.8 Å². The van der Waals surface area contributed by atoms with Gasteiger partial charge in [-0.3, -0.25) is 9.38 Å². The molecule has 0 aliphatic heterocycles. The van der Waals surface area contributed by atoms with Crippen LogP contribution in [0, 0.1) is 12.3 Å². The maximum Gasteiger partial charge on any atom is 0.147 e. The Morgan fingerprint density at radius 3 is 1.79 bits per heavy atom. The van der Waals surface area contributed by atoms with Crippen molar-refractivity contribution >= 4 is 27.6 Å². The summed E-state index contributed by atoms with van der Waals surface area (Å²) >= 11 is 0. The fourth-order valence-electron chi connectivity index (χ4n) is 7.27. The van der Waals surface area contributed by atoms with Crippen LogP contribution in [0.25, 0.3) is 27.6 Å². The molecule has 1 aliphatic carbocycles. The van der Waals surface area contributed by atoms with Crippen LogP contribution in [0.15, 0.2) is 18.2 Å². The first-order chi connectivity index (χ1) is 17.1. The van der Waals surface area contributed by atoms with Crippen LogP contribution in [-0.2, 0) is 21.7 Å². The van der Waals surface area contributed by atoms with Crippen molar-refractivity contribution in [3.8, 4) is 0 Å². The molecule has 0 saturated heterocycles. The summed E-state index contributed by atoms with van der Waals surface area (Å²) in [6.07, 6.45) is 0. The minimum atomic E-state index is -0.0698. The molecule has 3 heterocycles. The van der Waals surface area contributed by atoms with Gasteiger partial charge in [-0.2, -0.15) is 0 Å². The molecule has 0 spiro atoms. The maximum atomic E-state index is 5.46. The van der Waals surface area contributed by atoms with E-state index in [0.29, 0.717) is 5.92 Å². The van der Waals surface area contributed by atoms with Crippen LogP contribution in [0.2, 0.25) is 0 Å². The van der Waals surface area contributed by atoms with E-state index in [1.165, 1.54) is 44.5 Å². The summed E-state index contributed by atoms with van der Waals surface area (Å²) in [5.41, 5.74) is 12.6. The van der Waals surface area contributed by atoms with Gasteiger partial charge in [0.15, 0.2) is 0 Å². The van der Waals surface area contributed by atoms with Crippen LogP contribution in [0.4, 0.5) is 0 Å². The van der Waals surface area contributed by atoms with Crippen LogP contribution in [0.5, 0.6) is 0 Å². The van der Waals surface area contributed by atoms with Crippen molar-refractivity contribution in [1.29, 1.82) is 0 Å². The van der Waals surface area contributed by atoms with E-state index in [-0.39, 0.29) is 27.1 Å². The lowest BCUT2D eigenvalue weighted by Gasteiger charge is -2.44. The van der Waals surface area contributed by atoms with Crippen molar-refractivity contribution in [2.75, 3.05) is 0 Å². The zero-order valence-electron chi connectivity index (χ0n) is 26.7. The van der Waals surface area contributed by atoms with Crippen LogP contribution < -0.4 is 0 Å². The lowest BCUT2D eigenvalue weighted by Crippen LogP contribution is -2.42. The minimum Gasteiger partial charge on any atom is -0.295 e. The molecule has 1 aliphatic rings. The second kappa shape index (κ2) is 7.61. The molecule has 5 rings (SSSR count). The molecule has 0 amide bonds. The predicted molar refractivity (Wildman–Crippen MR) is 164 cm³/mol. The summed E-state index contributed by atoms with van der Waals surface area (Å²) in [7, 11) is 0. The molecule has 38 heavy (non-hydrogen) atoms. The van der Waals surface area contributed by atoms with E-state index >= 15 is 0 Å². The summed E-state index contributed by atoms with van der Waals surface area (Å²) in [6.45, 7) is 35.2. The Kier molecular flexibility index (Phi) is 5.44. The first-order valence-corrected chi connectivity index (χ1v) is 14.5. The third-order valence-electron chi connectivity index (χ3n) is 10.6. The number of pyridine rings is 2. The van der Waals surface area contributed by atoms with Gasteiger partial charge in [0.2, 0.25) is 0 Å². The first kappa shape index (κ1) is 27.2. The molecule has 204 valence electrons. The standard InChI is InChI=1S/C35H49N3/c1-19(2)27-20(3)29(32(7,8)9)36-24-18-26(31(4,5)6)38-25-17-22-21(16-23(25)37-30(38)28(24)27)33(10,11)35(14,15)34(22,12)13/h16-19H,1-15H3. The van der Waals surface area contributed by atoms with Gasteiger partial charge in [0.1, 0.15) is 5.65 Å². The quantitative estimate of drug-likeness (QED) is 0.255. The van der Waals surface area contributed by atoms with Gasteiger partial charge in [-0.1, -0.05) is 96.9 Å². The zero-order valence-corrected chi connectivity index (χ0v) is 26.7. The number of imidazole rings is 1. The van der Waals surface area contributed by atoms with E-state index in [1.807, 2.05) is 0 Å². The molecule has 0 radical (unpaired) electrons. The van der Waals surface area contributed by atoms with Crippen LogP contribution in [0.3, 0.4) is 0 Å². The van der Waals surface area contributed by atoms with Crippen LogP contribution >= 0.6 is 0 Å². The Morgan fingerprint density at radius 1 is 0.737 bits per heavy atom. The van der Waals surface area contributed by atoms with E-state index in [9.17, 15) is 0 Å². The molecule has 3 aromatic heterocycles. The second-order valence-electron chi connectivity index (χ2n) is 16.0. The number of benzene rings is 1. The predicted octanol–water partition coefficient (Wildman–Crippen LogP) is 9.66. The molecule has 0 bridgehead atoms. The molecular weight excluding hydrogens is 462 g/mol.